The van der Waals surface area contributed by atoms with E-state index in [1.807, 2.05) is 0 Å². The molecule has 220 valence electrons. The zero-order chi connectivity index (χ0) is 28.7. The molecule has 1 N–H and O–H groups in total. The van der Waals surface area contributed by atoms with Crippen LogP contribution in [0.4, 0.5) is 13.2 Å². The normalized spacial score (nSPS) is 19.9. The van der Waals surface area contributed by atoms with Gasteiger partial charge in [-0.1, -0.05) is 6.07 Å². The van der Waals surface area contributed by atoms with E-state index in [2.05, 4.69) is 46.2 Å². The van der Waals surface area contributed by atoms with Crippen LogP contribution in [0.1, 0.15) is 71.0 Å². The summed E-state index contributed by atoms with van der Waals surface area (Å²) < 4.78 is 49.6. The average molecular weight is 564 g/mol. The van der Waals surface area contributed by atoms with Crippen LogP contribution in [0.5, 0.6) is 5.75 Å². The van der Waals surface area contributed by atoms with E-state index in [9.17, 15) is 18.0 Å². The second-order valence-electron chi connectivity index (χ2n) is 10.6. The van der Waals surface area contributed by atoms with Gasteiger partial charge in [-0.3, -0.25) is 9.69 Å². The Labute approximate surface area is 234 Å². The highest BCUT2D eigenvalue weighted by Gasteiger charge is 2.38. The summed E-state index contributed by atoms with van der Waals surface area (Å²) in [5, 5.41) is 3.40. The second-order valence-corrected chi connectivity index (χ2v) is 10.6. The molecule has 1 amide bonds. The van der Waals surface area contributed by atoms with E-state index in [0.717, 1.165) is 75.5 Å². The number of carbonyl (C=O) groups excluding carboxylic acids is 1. The molecule has 40 heavy (non-hydrogen) atoms. The van der Waals surface area contributed by atoms with Gasteiger partial charge in [0.25, 0.3) is 5.91 Å². The van der Waals surface area contributed by atoms with Gasteiger partial charge in [0.05, 0.1) is 12.2 Å². The van der Waals surface area contributed by atoms with Crippen LogP contribution in [0, 0.1) is 13.8 Å². The lowest BCUT2D eigenvalue weighted by atomic mass is 9.86. The number of aromatic nitrogens is 2. The standard InChI is InChI=1S/C29H40F3N5O3/c1-20-21(2)26(40-16-6-12-33-11-5-15-39-3)10-9-24(20)25-8-4-7-23-19-36(13-14-37(23)25)27(38)22-17-34-28(35-18-22)29(30,31)32/h9-10,17-18,23,25,33H,4-8,11-16,19H2,1-3H3/t23-,25+/m0/s1. The van der Waals surface area contributed by atoms with E-state index in [0.29, 0.717) is 26.2 Å². The molecule has 2 aliphatic heterocycles. The molecule has 3 heterocycles. The summed E-state index contributed by atoms with van der Waals surface area (Å²) in [6.07, 6.45) is 2.32. The second kappa shape index (κ2) is 13.7. The van der Waals surface area contributed by atoms with Crippen molar-refractivity contribution < 1.29 is 27.4 Å². The largest absolute Gasteiger partial charge is 0.493 e. The van der Waals surface area contributed by atoms with Crippen molar-refractivity contribution in [1.29, 1.82) is 0 Å². The van der Waals surface area contributed by atoms with Gasteiger partial charge in [-0.2, -0.15) is 13.2 Å². The van der Waals surface area contributed by atoms with E-state index >= 15 is 0 Å². The fourth-order valence-corrected chi connectivity index (χ4v) is 5.72. The molecule has 1 aromatic carbocycles. The van der Waals surface area contributed by atoms with Gasteiger partial charge in [-0.05, 0) is 81.8 Å². The highest BCUT2D eigenvalue weighted by Crippen LogP contribution is 2.39. The van der Waals surface area contributed by atoms with Crippen LogP contribution in [-0.2, 0) is 10.9 Å². The fourth-order valence-electron chi connectivity index (χ4n) is 5.72. The third kappa shape index (κ3) is 7.30. The number of nitrogens with one attached hydrogen (secondary N) is 1. The maximum atomic E-state index is 13.0. The number of hydrogen-bond donors (Lipinski definition) is 1. The van der Waals surface area contributed by atoms with Crippen LogP contribution in [0.3, 0.4) is 0 Å². The Kier molecular flexibility index (Phi) is 10.4. The molecule has 0 unspecified atom stereocenters. The number of benzene rings is 1. The first-order valence-electron chi connectivity index (χ1n) is 14.1. The van der Waals surface area contributed by atoms with Crippen molar-refractivity contribution in [2.45, 2.75) is 64.2 Å². The highest BCUT2D eigenvalue weighted by molar-refractivity contribution is 5.93. The number of fused-ring (bicyclic) bond motifs is 1. The number of methoxy groups -OCH3 is 1. The molecule has 2 aliphatic rings. The quantitative estimate of drug-likeness (QED) is 0.402. The van der Waals surface area contributed by atoms with Gasteiger partial charge in [-0.25, -0.2) is 9.97 Å². The van der Waals surface area contributed by atoms with Crippen LogP contribution in [0.2, 0.25) is 0 Å². The molecule has 2 saturated heterocycles. The Morgan fingerprint density at radius 2 is 1.77 bits per heavy atom. The van der Waals surface area contributed by atoms with Gasteiger partial charge in [0.1, 0.15) is 5.75 Å². The Hall–Kier alpha value is -2.76. The number of piperazine rings is 1. The lowest BCUT2D eigenvalue weighted by Crippen LogP contribution is -2.57. The lowest BCUT2D eigenvalue weighted by Gasteiger charge is -2.48. The van der Waals surface area contributed by atoms with Gasteiger partial charge < -0.3 is 19.7 Å². The predicted molar refractivity (Wildman–Crippen MR) is 145 cm³/mol. The number of nitrogens with zero attached hydrogens (tertiary/aromatic N) is 4. The maximum absolute atomic E-state index is 13.0. The molecule has 2 fully saturated rings. The van der Waals surface area contributed by atoms with Gasteiger partial charge >= 0.3 is 6.18 Å². The van der Waals surface area contributed by atoms with Crippen molar-refractivity contribution in [2.75, 3.05) is 53.0 Å². The first-order chi connectivity index (χ1) is 19.2. The van der Waals surface area contributed by atoms with Crippen LogP contribution < -0.4 is 10.1 Å². The summed E-state index contributed by atoms with van der Waals surface area (Å²) in [5.74, 6) is -0.645. The summed E-state index contributed by atoms with van der Waals surface area (Å²) in [5.41, 5.74) is 3.77. The van der Waals surface area contributed by atoms with Gasteiger partial charge in [0, 0.05) is 57.8 Å². The van der Waals surface area contributed by atoms with E-state index < -0.39 is 12.0 Å². The molecular weight excluding hydrogens is 523 g/mol. The third-order valence-corrected chi connectivity index (χ3v) is 7.98. The predicted octanol–water partition coefficient (Wildman–Crippen LogP) is 4.56. The first kappa shape index (κ1) is 30.2. The Bertz CT molecular complexity index is 1130. The minimum absolute atomic E-state index is 0.0812. The van der Waals surface area contributed by atoms with Crippen LogP contribution in [0.15, 0.2) is 24.5 Å². The van der Waals surface area contributed by atoms with Crippen molar-refractivity contribution in [3.8, 4) is 5.75 Å². The number of alkyl halides is 3. The summed E-state index contributed by atoms with van der Waals surface area (Å²) >= 11 is 0. The fraction of sp³-hybridized carbons (Fsp3) is 0.621. The number of carbonyl (C=O) groups is 1. The van der Waals surface area contributed by atoms with E-state index in [-0.39, 0.29) is 23.6 Å². The number of piperidine rings is 1. The Morgan fingerprint density at radius 3 is 2.48 bits per heavy atom. The minimum Gasteiger partial charge on any atom is -0.493 e. The number of hydrogen-bond acceptors (Lipinski definition) is 7. The van der Waals surface area contributed by atoms with Crippen molar-refractivity contribution in [3.63, 3.8) is 0 Å². The molecular formula is C29H40F3N5O3. The Balaban J connectivity index is 1.34. The monoisotopic (exact) mass is 563 g/mol. The first-order valence-corrected chi connectivity index (χ1v) is 14.1. The molecule has 0 radical (unpaired) electrons. The molecule has 0 spiro atoms. The van der Waals surface area contributed by atoms with Crippen molar-refractivity contribution >= 4 is 5.91 Å². The van der Waals surface area contributed by atoms with Crippen LogP contribution in [0.25, 0.3) is 0 Å². The van der Waals surface area contributed by atoms with Crippen molar-refractivity contribution in [2.24, 2.45) is 0 Å². The smallest absolute Gasteiger partial charge is 0.451 e. The lowest BCUT2D eigenvalue weighted by molar-refractivity contribution is -0.145. The number of rotatable bonds is 11. The summed E-state index contributed by atoms with van der Waals surface area (Å²) in [6, 6.07) is 4.72. The molecule has 0 saturated carbocycles. The van der Waals surface area contributed by atoms with Crippen molar-refractivity contribution in [3.05, 3.63) is 52.6 Å². The molecule has 2 atom stereocenters. The third-order valence-electron chi connectivity index (χ3n) is 7.98. The van der Waals surface area contributed by atoms with E-state index in [4.69, 9.17) is 9.47 Å². The molecule has 0 aliphatic carbocycles. The Morgan fingerprint density at radius 1 is 1.05 bits per heavy atom. The highest BCUT2D eigenvalue weighted by atomic mass is 19.4. The van der Waals surface area contributed by atoms with Crippen LogP contribution >= 0.6 is 0 Å². The molecule has 2 aromatic rings. The molecule has 1 aromatic heterocycles. The average Bonchev–Trinajstić information content (AvgIpc) is 2.95. The van der Waals surface area contributed by atoms with Gasteiger partial charge in [0.15, 0.2) is 0 Å². The molecule has 11 heteroatoms. The summed E-state index contributed by atoms with van der Waals surface area (Å²) in [7, 11) is 1.71. The topological polar surface area (TPSA) is 79.8 Å². The maximum Gasteiger partial charge on any atom is 0.451 e. The van der Waals surface area contributed by atoms with Crippen molar-refractivity contribution in [1.82, 2.24) is 25.1 Å². The van der Waals surface area contributed by atoms with Crippen LogP contribution in [-0.4, -0.2) is 84.8 Å². The van der Waals surface area contributed by atoms with E-state index in [1.165, 1.54) is 11.1 Å². The van der Waals surface area contributed by atoms with E-state index in [1.54, 1.807) is 12.0 Å². The number of halogens is 3. The minimum atomic E-state index is -4.63. The molecule has 0 bridgehead atoms. The SMILES string of the molecule is COCCCNCCCOc1ccc([C@H]2CCC[C@H]3CN(C(=O)c4cnc(C(F)(F)F)nc4)CCN32)c(C)c1C. The van der Waals surface area contributed by atoms with Gasteiger partial charge in [-0.15, -0.1) is 0 Å². The number of amides is 1. The summed E-state index contributed by atoms with van der Waals surface area (Å²) in [4.78, 5) is 24.0. The zero-order valence-corrected chi connectivity index (χ0v) is 23.6. The van der Waals surface area contributed by atoms with Gasteiger partial charge in [0.2, 0.25) is 5.82 Å². The zero-order valence-electron chi connectivity index (χ0n) is 23.6. The summed E-state index contributed by atoms with van der Waals surface area (Å²) in [6.45, 7) is 9.28. The number of ether oxygens (including phenoxy) is 2. The molecule has 4 rings (SSSR count). The molecule has 8 nitrogen and oxygen atoms in total.